The second-order valence-electron chi connectivity index (χ2n) is 4.63. The molecule has 0 spiro atoms. The molecular weight excluding hydrogens is 172 g/mol. The Kier molecular flexibility index (Phi) is 3.73. The van der Waals surface area contributed by atoms with Gasteiger partial charge in [0.15, 0.2) is 0 Å². The predicted octanol–water partition coefficient (Wildman–Crippen LogP) is 3.22. The van der Waals surface area contributed by atoms with Crippen molar-refractivity contribution in [3.05, 3.63) is 17.5 Å². The molecule has 1 aromatic heterocycles. The molecule has 0 aromatic carbocycles. The van der Waals surface area contributed by atoms with Crippen molar-refractivity contribution in [2.24, 2.45) is 5.92 Å². The van der Waals surface area contributed by atoms with Crippen LogP contribution in [-0.4, -0.2) is 9.78 Å². The number of rotatable bonds is 4. The summed E-state index contributed by atoms with van der Waals surface area (Å²) >= 11 is 0. The van der Waals surface area contributed by atoms with E-state index >= 15 is 0 Å². The standard InChI is InChI=1S/C12H22N2/c1-6-12-11(10(4)5)7-13-14(12)8-9(2)3/h7,9-10H,6,8H2,1-5H3. The summed E-state index contributed by atoms with van der Waals surface area (Å²) in [6.45, 7) is 12.2. The summed E-state index contributed by atoms with van der Waals surface area (Å²) in [5.74, 6) is 1.26. The molecule has 1 aromatic rings. The van der Waals surface area contributed by atoms with E-state index in [2.05, 4.69) is 44.4 Å². The maximum absolute atomic E-state index is 4.47. The second-order valence-corrected chi connectivity index (χ2v) is 4.63. The van der Waals surface area contributed by atoms with Gasteiger partial charge in [-0.25, -0.2) is 0 Å². The molecule has 0 atom stereocenters. The van der Waals surface area contributed by atoms with Crippen LogP contribution in [-0.2, 0) is 13.0 Å². The zero-order chi connectivity index (χ0) is 10.7. The van der Waals surface area contributed by atoms with Gasteiger partial charge in [-0.2, -0.15) is 5.10 Å². The molecule has 0 amide bonds. The van der Waals surface area contributed by atoms with Gasteiger partial charge in [0, 0.05) is 12.2 Å². The third kappa shape index (κ3) is 2.37. The summed E-state index contributed by atoms with van der Waals surface area (Å²) < 4.78 is 2.17. The lowest BCUT2D eigenvalue weighted by Gasteiger charge is -2.11. The van der Waals surface area contributed by atoms with E-state index in [1.165, 1.54) is 11.3 Å². The lowest BCUT2D eigenvalue weighted by Crippen LogP contribution is -2.10. The molecule has 0 unspecified atom stereocenters. The highest BCUT2D eigenvalue weighted by molar-refractivity contribution is 5.21. The summed E-state index contributed by atoms with van der Waals surface area (Å²) in [6, 6.07) is 0. The van der Waals surface area contributed by atoms with Crippen LogP contribution in [0.2, 0.25) is 0 Å². The molecule has 1 rings (SSSR count). The normalized spacial score (nSPS) is 11.6. The zero-order valence-electron chi connectivity index (χ0n) is 10.0. The smallest absolute Gasteiger partial charge is 0.0527 e. The molecule has 14 heavy (non-hydrogen) atoms. The molecule has 0 radical (unpaired) electrons. The molecule has 0 N–H and O–H groups in total. The van der Waals surface area contributed by atoms with Gasteiger partial charge in [0.25, 0.3) is 0 Å². The first kappa shape index (κ1) is 11.3. The molecule has 0 aliphatic rings. The van der Waals surface area contributed by atoms with Crippen LogP contribution in [0.15, 0.2) is 6.20 Å². The highest BCUT2D eigenvalue weighted by Crippen LogP contribution is 2.20. The molecule has 0 saturated carbocycles. The van der Waals surface area contributed by atoms with Crippen molar-refractivity contribution in [1.29, 1.82) is 0 Å². The molecule has 0 aliphatic heterocycles. The van der Waals surface area contributed by atoms with Crippen molar-refractivity contribution < 1.29 is 0 Å². The molecule has 0 aliphatic carbocycles. The van der Waals surface area contributed by atoms with E-state index in [1.54, 1.807) is 0 Å². The highest BCUT2D eigenvalue weighted by atomic mass is 15.3. The first-order chi connectivity index (χ1) is 6.56. The number of hydrogen-bond acceptors (Lipinski definition) is 1. The van der Waals surface area contributed by atoms with Crippen molar-refractivity contribution in [3.8, 4) is 0 Å². The van der Waals surface area contributed by atoms with Crippen LogP contribution >= 0.6 is 0 Å². The maximum atomic E-state index is 4.47. The van der Waals surface area contributed by atoms with Gasteiger partial charge in [0.05, 0.1) is 6.20 Å². The van der Waals surface area contributed by atoms with Crippen LogP contribution in [0.1, 0.15) is 51.8 Å². The number of nitrogens with zero attached hydrogens (tertiary/aromatic N) is 2. The van der Waals surface area contributed by atoms with Crippen molar-refractivity contribution in [3.63, 3.8) is 0 Å². The second kappa shape index (κ2) is 4.63. The van der Waals surface area contributed by atoms with E-state index < -0.39 is 0 Å². The first-order valence-corrected chi connectivity index (χ1v) is 5.60. The van der Waals surface area contributed by atoms with Gasteiger partial charge in [-0.1, -0.05) is 34.6 Å². The Hall–Kier alpha value is -0.790. The van der Waals surface area contributed by atoms with Gasteiger partial charge in [-0.05, 0) is 23.8 Å². The number of hydrogen-bond donors (Lipinski definition) is 0. The minimum Gasteiger partial charge on any atom is -0.269 e. The van der Waals surface area contributed by atoms with Crippen LogP contribution in [0.25, 0.3) is 0 Å². The predicted molar refractivity (Wildman–Crippen MR) is 60.5 cm³/mol. The molecule has 0 bridgehead atoms. The highest BCUT2D eigenvalue weighted by Gasteiger charge is 2.12. The van der Waals surface area contributed by atoms with E-state index in [9.17, 15) is 0 Å². The van der Waals surface area contributed by atoms with Crippen molar-refractivity contribution in [1.82, 2.24) is 9.78 Å². The van der Waals surface area contributed by atoms with E-state index in [1.807, 2.05) is 6.20 Å². The quantitative estimate of drug-likeness (QED) is 0.719. The largest absolute Gasteiger partial charge is 0.269 e. The van der Waals surface area contributed by atoms with E-state index in [0.717, 1.165) is 13.0 Å². The monoisotopic (exact) mass is 194 g/mol. The fraction of sp³-hybridized carbons (Fsp3) is 0.750. The average molecular weight is 194 g/mol. The fourth-order valence-electron chi connectivity index (χ4n) is 1.80. The Morgan fingerprint density at radius 1 is 1.29 bits per heavy atom. The Morgan fingerprint density at radius 3 is 2.36 bits per heavy atom. The average Bonchev–Trinajstić information content (AvgIpc) is 2.46. The molecular formula is C12H22N2. The lowest BCUT2D eigenvalue weighted by atomic mass is 10.0. The Balaban J connectivity index is 2.95. The molecule has 2 nitrogen and oxygen atoms in total. The van der Waals surface area contributed by atoms with Gasteiger partial charge >= 0.3 is 0 Å². The minimum atomic E-state index is 0.589. The van der Waals surface area contributed by atoms with Crippen LogP contribution in [0.4, 0.5) is 0 Å². The van der Waals surface area contributed by atoms with Crippen LogP contribution in [0.3, 0.4) is 0 Å². The van der Waals surface area contributed by atoms with E-state index in [-0.39, 0.29) is 0 Å². The summed E-state index contributed by atoms with van der Waals surface area (Å²) in [7, 11) is 0. The summed E-state index contributed by atoms with van der Waals surface area (Å²) in [5.41, 5.74) is 2.82. The third-order valence-electron chi connectivity index (χ3n) is 2.48. The Morgan fingerprint density at radius 2 is 1.93 bits per heavy atom. The van der Waals surface area contributed by atoms with Crippen LogP contribution < -0.4 is 0 Å². The van der Waals surface area contributed by atoms with Gasteiger partial charge in [0.1, 0.15) is 0 Å². The van der Waals surface area contributed by atoms with Crippen molar-refractivity contribution >= 4 is 0 Å². The van der Waals surface area contributed by atoms with Gasteiger partial charge < -0.3 is 0 Å². The summed E-state index contributed by atoms with van der Waals surface area (Å²) in [5, 5.41) is 4.47. The van der Waals surface area contributed by atoms with Crippen LogP contribution in [0.5, 0.6) is 0 Å². The first-order valence-electron chi connectivity index (χ1n) is 5.60. The van der Waals surface area contributed by atoms with Crippen molar-refractivity contribution in [2.75, 3.05) is 0 Å². The van der Waals surface area contributed by atoms with E-state index in [4.69, 9.17) is 0 Å². The van der Waals surface area contributed by atoms with Gasteiger partial charge in [-0.3, -0.25) is 4.68 Å². The van der Waals surface area contributed by atoms with Gasteiger partial charge in [-0.15, -0.1) is 0 Å². The molecule has 80 valence electrons. The summed E-state index contributed by atoms with van der Waals surface area (Å²) in [4.78, 5) is 0. The molecule has 0 saturated heterocycles. The van der Waals surface area contributed by atoms with Gasteiger partial charge in [0.2, 0.25) is 0 Å². The minimum absolute atomic E-state index is 0.589. The third-order valence-corrected chi connectivity index (χ3v) is 2.48. The fourth-order valence-corrected chi connectivity index (χ4v) is 1.80. The molecule has 2 heteroatoms. The molecule has 1 heterocycles. The molecule has 0 fully saturated rings. The number of aromatic nitrogens is 2. The van der Waals surface area contributed by atoms with Crippen molar-refractivity contribution in [2.45, 2.75) is 53.5 Å². The zero-order valence-corrected chi connectivity index (χ0v) is 10.0. The Labute approximate surface area is 87.3 Å². The lowest BCUT2D eigenvalue weighted by molar-refractivity contribution is 0.469. The SMILES string of the molecule is CCc1c(C(C)C)cnn1CC(C)C. The topological polar surface area (TPSA) is 17.8 Å². The van der Waals surface area contributed by atoms with Crippen LogP contribution in [0, 0.1) is 5.92 Å². The maximum Gasteiger partial charge on any atom is 0.0527 e. The summed E-state index contributed by atoms with van der Waals surface area (Å²) in [6.07, 6.45) is 3.12. The van der Waals surface area contributed by atoms with E-state index in [0.29, 0.717) is 11.8 Å². The Bertz CT molecular complexity index is 285.